The predicted molar refractivity (Wildman–Crippen MR) is 104 cm³/mol. The molecule has 0 radical (unpaired) electrons. The fraction of sp³-hybridized carbons (Fsp3) is 0.591. The summed E-state index contributed by atoms with van der Waals surface area (Å²) in [7, 11) is 0. The number of pyridine rings is 1. The Hall–Kier alpha value is -1.61. The number of aromatic nitrogens is 1. The van der Waals surface area contributed by atoms with Gasteiger partial charge in [-0.2, -0.15) is 0 Å². The molecule has 3 aliphatic rings. The van der Waals surface area contributed by atoms with Crippen molar-refractivity contribution in [2.24, 2.45) is 0 Å². The van der Waals surface area contributed by atoms with Gasteiger partial charge < -0.3 is 28.4 Å². The number of fused-ring (bicyclic) bond motifs is 2. The quantitative estimate of drug-likeness (QED) is 0.780. The molecule has 2 aromatic rings. The van der Waals surface area contributed by atoms with Gasteiger partial charge in [-0.3, -0.25) is 4.98 Å². The average molecular weight is 401 g/mol. The molecule has 1 aromatic heterocycles. The number of para-hydroxylation sites is 1. The lowest BCUT2D eigenvalue weighted by Crippen LogP contribution is -2.44. The summed E-state index contributed by atoms with van der Waals surface area (Å²) in [5.41, 5.74) is 1.80. The molecule has 0 saturated carbocycles. The van der Waals surface area contributed by atoms with Gasteiger partial charge in [0.25, 0.3) is 0 Å². The molecule has 156 valence electrons. The van der Waals surface area contributed by atoms with Crippen molar-refractivity contribution >= 4 is 10.9 Å². The van der Waals surface area contributed by atoms with Gasteiger partial charge in [-0.25, -0.2) is 0 Å². The van der Waals surface area contributed by atoms with Crippen LogP contribution in [0, 0.1) is 0 Å². The first-order chi connectivity index (χ1) is 13.8. The Morgan fingerprint density at radius 3 is 2.59 bits per heavy atom. The van der Waals surface area contributed by atoms with E-state index in [1.165, 1.54) is 0 Å². The van der Waals surface area contributed by atoms with Gasteiger partial charge in [0.05, 0.1) is 24.4 Å². The summed E-state index contributed by atoms with van der Waals surface area (Å²) < 4.78 is 36.3. The highest BCUT2D eigenvalue weighted by atomic mass is 16.8. The molecular formula is C22H27NO6. The number of hydrogen-bond donors (Lipinski definition) is 0. The lowest BCUT2D eigenvalue weighted by molar-refractivity contribution is -0.236. The van der Waals surface area contributed by atoms with Crippen molar-refractivity contribution < 1.29 is 28.4 Å². The van der Waals surface area contributed by atoms with Crippen LogP contribution in [0.1, 0.15) is 33.4 Å². The Labute approximate surface area is 170 Å². The average Bonchev–Trinajstić information content (AvgIpc) is 3.28. The summed E-state index contributed by atoms with van der Waals surface area (Å²) in [6.45, 7) is 8.34. The summed E-state index contributed by atoms with van der Waals surface area (Å²) in [6, 6.07) is 12.1. The van der Waals surface area contributed by atoms with Crippen LogP contribution in [0.15, 0.2) is 36.4 Å². The van der Waals surface area contributed by atoms with E-state index < -0.39 is 17.9 Å². The van der Waals surface area contributed by atoms with Crippen molar-refractivity contribution in [2.45, 2.75) is 76.6 Å². The molecule has 0 bridgehead atoms. The van der Waals surface area contributed by atoms with Crippen LogP contribution in [0.4, 0.5) is 0 Å². The van der Waals surface area contributed by atoms with E-state index >= 15 is 0 Å². The fourth-order valence-electron chi connectivity index (χ4n) is 4.24. The van der Waals surface area contributed by atoms with E-state index in [2.05, 4.69) is 6.07 Å². The van der Waals surface area contributed by atoms with Crippen molar-refractivity contribution in [1.82, 2.24) is 4.98 Å². The van der Waals surface area contributed by atoms with E-state index in [4.69, 9.17) is 33.4 Å². The zero-order valence-electron chi connectivity index (χ0n) is 17.2. The van der Waals surface area contributed by atoms with Crippen LogP contribution in [-0.2, 0) is 35.0 Å². The van der Waals surface area contributed by atoms with Crippen LogP contribution >= 0.6 is 0 Å². The van der Waals surface area contributed by atoms with Crippen LogP contribution in [0.3, 0.4) is 0 Å². The Morgan fingerprint density at radius 2 is 1.79 bits per heavy atom. The van der Waals surface area contributed by atoms with Gasteiger partial charge in [0.1, 0.15) is 24.4 Å². The number of ether oxygens (including phenoxy) is 6. The van der Waals surface area contributed by atoms with Crippen molar-refractivity contribution in [3.8, 4) is 0 Å². The van der Waals surface area contributed by atoms with E-state index in [0.29, 0.717) is 13.2 Å². The highest BCUT2D eigenvalue weighted by Gasteiger charge is 2.58. The maximum absolute atomic E-state index is 6.31. The Morgan fingerprint density at radius 1 is 0.966 bits per heavy atom. The molecule has 4 heterocycles. The largest absolute Gasteiger partial charge is 0.366 e. The highest BCUT2D eigenvalue weighted by Crippen LogP contribution is 2.42. The predicted octanol–water partition coefficient (Wildman–Crippen LogP) is 3.15. The zero-order chi connectivity index (χ0) is 20.2. The van der Waals surface area contributed by atoms with Crippen LogP contribution in [-0.4, -0.2) is 53.9 Å². The second-order valence-electron chi connectivity index (χ2n) is 8.71. The second-order valence-corrected chi connectivity index (χ2v) is 8.71. The molecule has 1 aromatic carbocycles. The molecule has 0 N–H and O–H groups in total. The lowest BCUT2D eigenvalue weighted by Gasteiger charge is -2.29. The highest BCUT2D eigenvalue weighted by molar-refractivity contribution is 5.78. The first-order valence-corrected chi connectivity index (χ1v) is 10.1. The molecule has 0 unspecified atom stereocenters. The van der Waals surface area contributed by atoms with Crippen LogP contribution in [0.2, 0.25) is 0 Å². The van der Waals surface area contributed by atoms with E-state index in [1.807, 2.05) is 58.0 Å². The topological polar surface area (TPSA) is 68.3 Å². The molecule has 0 amide bonds. The maximum Gasteiger partial charge on any atom is 0.190 e. The van der Waals surface area contributed by atoms with Gasteiger partial charge >= 0.3 is 0 Å². The Bertz CT molecular complexity index is 900. The Kier molecular flexibility index (Phi) is 4.66. The molecule has 0 aliphatic carbocycles. The van der Waals surface area contributed by atoms with E-state index in [0.717, 1.165) is 16.6 Å². The van der Waals surface area contributed by atoms with Crippen molar-refractivity contribution in [1.29, 1.82) is 0 Å². The summed E-state index contributed by atoms with van der Waals surface area (Å²) in [4.78, 5) is 4.70. The summed E-state index contributed by atoms with van der Waals surface area (Å²) >= 11 is 0. The minimum Gasteiger partial charge on any atom is -0.366 e. The van der Waals surface area contributed by atoms with E-state index in [-0.39, 0.29) is 24.4 Å². The van der Waals surface area contributed by atoms with Gasteiger partial charge in [0.2, 0.25) is 0 Å². The van der Waals surface area contributed by atoms with Crippen molar-refractivity contribution in [2.75, 3.05) is 6.61 Å². The van der Waals surface area contributed by atoms with Crippen LogP contribution in [0.5, 0.6) is 0 Å². The molecule has 5 rings (SSSR count). The van der Waals surface area contributed by atoms with Gasteiger partial charge in [0.15, 0.2) is 17.9 Å². The van der Waals surface area contributed by atoms with E-state index in [1.54, 1.807) is 0 Å². The third-order valence-corrected chi connectivity index (χ3v) is 5.50. The minimum atomic E-state index is -0.713. The van der Waals surface area contributed by atoms with Gasteiger partial charge in [-0.1, -0.05) is 24.3 Å². The van der Waals surface area contributed by atoms with Gasteiger partial charge in [-0.05, 0) is 39.8 Å². The van der Waals surface area contributed by atoms with Gasteiger partial charge in [0, 0.05) is 5.39 Å². The number of benzene rings is 1. The SMILES string of the molecule is CC1(C)O[C@H]2O[C@H]([C@H]3COC(C)(C)O3)[C@H](OCc3ccc4ccccc4n3)[C@H]2O1. The number of nitrogens with zero attached hydrogens (tertiary/aromatic N) is 1. The maximum atomic E-state index is 6.31. The molecule has 7 heteroatoms. The molecule has 29 heavy (non-hydrogen) atoms. The standard InChI is InChI=1S/C22H27NO6/c1-21(2)25-12-16(27-21)17-18(19-20(26-17)29-22(3,4)28-19)24-11-14-10-9-13-7-5-6-8-15(13)23-14/h5-10,16-20H,11-12H2,1-4H3/t16-,17-,18+,19-,20-/m1/s1. The van der Waals surface area contributed by atoms with Crippen LogP contribution < -0.4 is 0 Å². The van der Waals surface area contributed by atoms with Gasteiger partial charge in [-0.15, -0.1) is 0 Å². The molecule has 5 atom stereocenters. The normalized spacial score (nSPS) is 35.2. The fourth-order valence-corrected chi connectivity index (χ4v) is 4.24. The molecule has 0 spiro atoms. The summed E-state index contributed by atoms with van der Waals surface area (Å²) in [5.74, 6) is -1.35. The molecular weight excluding hydrogens is 374 g/mol. The van der Waals surface area contributed by atoms with Crippen molar-refractivity contribution in [3.63, 3.8) is 0 Å². The molecule has 7 nitrogen and oxygen atoms in total. The third-order valence-electron chi connectivity index (χ3n) is 5.50. The first kappa shape index (κ1) is 19.4. The van der Waals surface area contributed by atoms with E-state index in [9.17, 15) is 0 Å². The zero-order valence-corrected chi connectivity index (χ0v) is 17.2. The number of rotatable bonds is 4. The minimum absolute atomic E-state index is 0.250. The molecule has 3 fully saturated rings. The summed E-state index contributed by atoms with van der Waals surface area (Å²) in [5, 5.41) is 1.10. The summed E-state index contributed by atoms with van der Waals surface area (Å²) in [6.07, 6.45) is -1.76. The smallest absolute Gasteiger partial charge is 0.190 e. The first-order valence-electron chi connectivity index (χ1n) is 10.1. The Balaban J connectivity index is 1.35. The molecule has 3 saturated heterocycles. The van der Waals surface area contributed by atoms with Crippen LogP contribution in [0.25, 0.3) is 10.9 Å². The monoisotopic (exact) mass is 401 g/mol. The van der Waals surface area contributed by atoms with Crippen molar-refractivity contribution in [3.05, 3.63) is 42.1 Å². The number of hydrogen-bond acceptors (Lipinski definition) is 7. The lowest BCUT2D eigenvalue weighted by atomic mass is 10.1. The molecule has 3 aliphatic heterocycles. The second kappa shape index (κ2) is 6.97. The third kappa shape index (κ3) is 3.79.